The van der Waals surface area contributed by atoms with Crippen molar-refractivity contribution in [1.82, 2.24) is 0 Å². The molecule has 2 rings (SSSR count). The van der Waals surface area contributed by atoms with Crippen molar-refractivity contribution >= 4 is 5.71 Å². The first-order valence-electron chi connectivity index (χ1n) is 6.89. The van der Waals surface area contributed by atoms with Crippen molar-refractivity contribution in [2.24, 2.45) is 5.16 Å². The Morgan fingerprint density at radius 2 is 2.05 bits per heavy atom. The molecule has 0 saturated heterocycles. The molecule has 0 bridgehead atoms. The number of hydrogen-bond donors (Lipinski definition) is 1. The summed E-state index contributed by atoms with van der Waals surface area (Å²) in [6.45, 7) is 2.49. The molecule has 20 heavy (non-hydrogen) atoms. The van der Waals surface area contributed by atoms with Crippen molar-refractivity contribution < 1.29 is 19.4 Å². The molecule has 0 heterocycles. The van der Waals surface area contributed by atoms with Crippen LogP contribution in [0.4, 0.5) is 0 Å². The second kappa shape index (κ2) is 7.87. The fourth-order valence-electron chi connectivity index (χ4n) is 2.33. The number of benzene rings is 1. The third-order valence-corrected chi connectivity index (χ3v) is 3.30. The number of nitrogens with zero attached hydrogens (tertiary/aromatic N) is 1. The minimum atomic E-state index is 0.523. The van der Waals surface area contributed by atoms with Crippen LogP contribution in [-0.4, -0.2) is 44.5 Å². The van der Waals surface area contributed by atoms with E-state index >= 15 is 0 Å². The van der Waals surface area contributed by atoms with Crippen molar-refractivity contribution in [2.75, 3.05) is 33.5 Å². The molecule has 1 aromatic rings. The summed E-state index contributed by atoms with van der Waals surface area (Å²) in [5, 5.41) is 12.3. The Morgan fingerprint density at radius 1 is 1.15 bits per heavy atom. The van der Waals surface area contributed by atoms with Gasteiger partial charge in [-0.2, -0.15) is 0 Å². The van der Waals surface area contributed by atoms with Crippen LogP contribution in [0.3, 0.4) is 0 Å². The first-order valence-corrected chi connectivity index (χ1v) is 6.89. The number of hydrogen-bond acceptors (Lipinski definition) is 5. The van der Waals surface area contributed by atoms with Crippen LogP contribution in [0.2, 0.25) is 0 Å². The maximum atomic E-state index is 8.94. The second-order valence-electron chi connectivity index (χ2n) is 4.64. The molecule has 1 N–H and O–H groups in total. The van der Waals surface area contributed by atoms with Gasteiger partial charge in [0.2, 0.25) is 0 Å². The van der Waals surface area contributed by atoms with Gasteiger partial charge < -0.3 is 19.4 Å². The van der Waals surface area contributed by atoms with Gasteiger partial charge in [-0.1, -0.05) is 17.3 Å². The zero-order valence-electron chi connectivity index (χ0n) is 11.8. The Bertz CT molecular complexity index is 459. The zero-order valence-corrected chi connectivity index (χ0v) is 11.8. The summed E-state index contributed by atoms with van der Waals surface area (Å²) in [4.78, 5) is 0. The molecule has 110 valence electrons. The summed E-state index contributed by atoms with van der Waals surface area (Å²) in [5.41, 5.74) is 2.85. The van der Waals surface area contributed by atoms with E-state index in [1.807, 2.05) is 18.2 Å². The Hall–Kier alpha value is -1.59. The van der Waals surface area contributed by atoms with Gasteiger partial charge in [0.1, 0.15) is 12.4 Å². The summed E-state index contributed by atoms with van der Waals surface area (Å²) < 4.78 is 16.2. The smallest absolute Gasteiger partial charge is 0.123 e. The third-order valence-electron chi connectivity index (χ3n) is 3.30. The van der Waals surface area contributed by atoms with Gasteiger partial charge in [0.25, 0.3) is 0 Å². The number of rotatable bonds is 8. The molecular formula is C15H21NO4. The summed E-state index contributed by atoms with van der Waals surface area (Å²) in [6, 6.07) is 5.83. The quantitative estimate of drug-likeness (QED) is 0.450. The summed E-state index contributed by atoms with van der Waals surface area (Å²) in [5.74, 6) is 0.863. The van der Waals surface area contributed by atoms with Crippen LogP contribution < -0.4 is 4.74 Å². The van der Waals surface area contributed by atoms with Crippen molar-refractivity contribution in [3.63, 3.8) is 0 Å². The minimum Gasteiger partial charge on any atom is -0.491 e. The van der Waals surface area contributed by atoms with Crippen molar-refractivity contribution in [3.8, 4) is 5.75 Å². The zero-order chi connectivity index (χ0) is 14.2. The number of oxime groups is 1. The van der Waals surface area contributed by atoms with Gasteiger partial charge in [-0.15, -0.1) is 0 Å². The molecule has 0 aliphatic heterocycles. The first-order chi connectivity index (χ1) is 9.86. The highest BCUT2D eigenvalue weighted by atomic mass is 16.5. The van der Waals surface area contributed by atoms with E-state index in [1.54, 1.807) is 7.11 Å². The molecule has 1 aliphatic rings. The highest BCUT2D eigenvalue weighted by Gasteiger charge is 2.21. The van der Waals surface area contributed by atoms with Gasteiger partial charge in [0.15, 0.2) is 0 Å². The van der Waals surface area contributed by atoms with Crippen LogP contribution in [0.1, 0.15) is 24.0 Å². The Morgan fingerprint density at radius 3 is 2.85 bits per heavy atom. The number of fused-ring (bicyclic) bond motifs is 1. The van der Waals surface area contributed by atoms with E-state index in [-0.39, 0.29) is 0 Å². The van der Waals surface area contributed by atoms with E-state index < -0.39 is 0 Å². The normalized spacial score (nSPS) is 15.6. The topological polar surface area (TPSA) is 60.3 Å². The predicted octanol–water partition coefficient (Wildman–Crippen LogP) is 2.24. The summed E-state index contributed by atoms with van der Waals surface area (Å²) >= 11 is 0. The van der Waals surface area contributed by atoms with Gasteiger partial charge >= 0.3 is 0 Å². The molecular weight excluding hydrogens is 258 g/mol. The maximum Gasteiger partial charge on any atom is 0.123 e. The molecule has 5 heteroatoms. The van der Waals surface area contributed by atoms with Crippen LogP contribution in [-0.2, 0) is 15.9 Å². The lowest BCUT2D eigenvalue weighted by Gasteiger charge is -2.10. The Balaban J connectivity index is 1.79. The highest BCUT2D eigenvalue weighted by molar-refractivity contribution is 6.04. The van der Waals surface area contributed by atoms with Gasteiger partial charge in [-0.25, -0.2) is 0 Å². The van der Waals surface area contributed by atoms with E-state index in [4.69, 9.17) is 19.4 Å². The standard InChI is InChI=1S/C15H21NO4/c1-18-8-3-9-19-10-11-20-15-5-2-4-12-13(15)6-7-14(12)16-17/h2,4-5,17H,3,6-11H2,1H3/b16-14+. The van der Waals surface area contributed by atoms with Gasteiger partial charge in [-0.3, -0.25) is 0 Å². The van der Waals surface area contributed by atoms with Crippen LogP contribution in [0.15, 0.2) is 23.4 Å². The van der Waals surface area contributed by atoms with E-state index in [2.05, 4.69) is 5.16 Å². The van der Waals surface area contributed by atoms with Crippen molar-refractivity contribution in [1.29, 1.82) is 0 Å². The number of ether oxygens (including phenoxy) is 3. The van der Waals surface area contributed by atoms with Crippen molar-refractivity contribution in [2.45, 2.75) is 19.3 Å². The number of methoxy groups -OCH3 is 1. The maximum absolute atomic E-state index is 8.94. The molecule has 0 radical (unpaired) electrons. The van der Waals surface area contributed by atoms with Gasteiger partial charge in [-0.05, 0) is 25.3 Å². The molecule has 0 spiro atoms. The molecule has 5 nitrogen and oxygen atoms in total. The third kappa shape index (κ3) is 3.71. The van der Waals surface area contributed by atoms with E-state index in [1.165, 1.54) is 0 Å². The monoisotopic (exact) mass is 279 g/mol. The molecule has 0 amide bonds. The molecule has 0 fully saturated rings. The van der Waals surface area contributed by atoms with E-state index in [0.717, 1.165) is 48.5 Å². The highest BCUT2D eigenvalue weighted by Crippen LogP contribution is 2.30. The summed E-state index contributed by atoms with van der Waals surface area (Å²) in [7, 11) is 1.68. The van der Waals surface area contributed by atoms with Crippen LogP contribution in [0, 0.1) is 0 Å². The summed E-state index contributed by atoms with van der Waals surface area (Å²) in [6.07, 6.45) is 2.52. The first kappa shape index (κ1) is 14.8. The Labute approximate surface area is 119 Å². The molecule has 0 atom stereocenters. The fourth-order valence-corrected chi connectivity index (χ4v) is 2.33. The average molecular weight is 279 g/mol. The van der Waals surface area contributed by atoms with E-state index in [0.29, 0.717) is 19.8 Å². The second-order valence-corrected chi connectivity index (χ2v) is 4.64. The van der Waals surface area contributed by atoms with E-state index in [9.17, 15) is 0 Å². The van der Waals surface area contributed by atoms with Crippen LogP contribution >= 0.6 is 0 Å². The van der Waals surface area contributed by atoms with Gasteiger partial charge in [0.05, 0.1) is 12.3 Å². The Kier molecular flexibility index (Phi) is 5.83. The lowest BCUT2D eigenvalue weighted by Crippen LogP contribution is -2.09. The molecule has 0 unspecified atom stereocenters. The lowest BCUT2D eigenvalue weighted by atomic mass is 10.1. The fraction of sp³-hybridized carbons (Fsp3) is 0.533. The van der Waals surface area contributed by atoms with Crippen LogP contribution in [0.5, 0.6) is 5.75 Å². The lowest BCUT2D eigenvalue weighted by molar-refractivity contribution is 0.0804. The van der Waals surface area contributed by atoms with Crippen LogP contribution in [0.25, 0.3) is 0 Å². The average Bonchev–Trinajstić information content (AvgIpc) is 2.90. The minimum absolute atomic E-state index is 0.523. The molecule has 0 aromatic heterocycles. The van der Waals surface area contributed by atoms with Gasteiger partial charge in [0, 0.05) is 31.5 Å². The predicted molar refractivity (Wildman–Crippen MR) is 75.9 cm³/mol. The molecule has 0 saturated carbocycles. The SMILES string of the molecule is COCCCOCCOc1cccc2c1CC/C2=N\O. The van der Waals surface area contributed by atoms with Crippen molar-refractivity contribution in [3.05, 3.63) is 29.3 Å². The largest absolute Gasteiger partial charge is 0.491 e. The molecule has 1 aliphatic carbocycles. The molecule has 1 aromatic carbocycles.